The second kappa shape index (κ2) is 16.1. The number of piperidine rings is 2. The zero-order valence-corrected chi connectivity index (χ0v) is 31.6. The third-order valence-electron chi connectivity index (χ3n) is 12.4. The van der Waals surface area contributed by atoms with E-state index in [1.165, 1.54) is 5.56 Å². The van der Waals surface area contributed by atoms with Crippen LogP contribution in [0.2, 0.25) is 0 Å². The molecule has 2 unspecified atom stereocenters. The number of likely N-dealkylation sites (tertiary alicyclic amines) is 1. The molecule has 5 heterocycles. The summed E-state index contributed by atoms with van der Waals surface area (Å²) in [5.41, 5.74) is 16.6. The Morgan fingerprint density at radius 1 is 0.857 bits per heavy atom. The molecule has 0 spiro atoms. The van der Waals surface area contributed by atoms with Crippen molar-refractivity contribution in [1.82, 2.24) is 30.3 Å². The number of aromatic nitrogens is 3. The number of aryl methyl sites for hydroxylation is 2. The second-order valence-electron chi connectivity index (χ2n) is 16.1. The van der Waals surface area contributed by atoms with Crippen molar-refractivity contribution in [2.75, 3.05) is 42.9 Å². The number of fused-ring (bicyclic) bond motifs is 1. The van der Waals surface area contributed by atoms with Crippen LogP contribution in [0.15, 0.2) is 42.5 Å². The fourth-order valence-corrected chi connectivity index (χ4v) is 9.19. The molecule has 4 aliphatic heterocycles. The minimum Gasteiger partial charge on any atom is -0.371 e. The number of nitrogens with one attached hydrogen (secondary N) is 2. The van der Waals surface area contributed by atoms with Crippen LogP contribution in [0, 0.1) is 5.92 Å². The van der Waals surface area contributed by atoms with Crippen LogP contribution < -0.4 is 27.0 Å². The van der Waals surface area contributed by atoms with Crippen molar-refractivity contribution in [3.05, 3.63) is 76.1 Å². The molecule has 294 valence electrons. The number of amides is 5. The number of nitrogens with two attached hydrogens (primary N) is 2. The number of imide groups is 2. The summed E-state index contributed by atoms with van der Waals surface area (Å²) in [7, 11) is 0. The first kappa shape index (κ1) is 37.6. The molecular formula is C41H50N10O5. The molecule has 0 bridgehead atoms. The van der Waals surface area contributed by atoms with Crippen molar-refractivity contribution in [2.24, 2.45) is 17.4 Å². The maximum atomic E-state index is 13.3. The highest BCUT2D eigenvalue weighted by molar-refractivity contribution is 6.23. The molecule has 1 saturated carbocycles. The quantitative estimate of drug-likeness (QED) is 0.208. The van der Waals surface area contributed by atoms with Crippen molar-refractivity contribution in [3.8, 4) is 0 Å². The molecule has 8 rings (SSSR count). The van der Waals surface area contributed by atoms with Gasteiger partial charge >= 0.3 is 0 Å². The highest BCUT2D eigenvalue weighted by Crippen LogP contribution is 2.34. The number of nitrogens with zero attached hydrogens (tertiary/aromatic N) is 6. The Balaban J connectivity index is 0.809. The van der Waals surface area contributed by atoms with E-state index in [0.717, 1.165) is 93.8 Å². The van der Waals surface area contributed by atoms with Gasteiger partial charge in [0.1, 0.15) is 6.04 Å². The van der Waals surface area contributed by atoms with Gasteiger partial charge in [-0.2, -0.15) is 0 Å². The van der Waals surface area contributed by atoms with Crippen molar-refractivity contribution in [2.45, 2.75) is 94.7 Å². The van der Waals surface area contributed by atoms with E-state index in [2.05, 4.69) is 59.9 Å². The summed E-state index contributed by atoms with van der Waals surface area (Å²) in [6, 6.07) is 13.3. The molecule has 15 heteroatoms. The lowest BCUT2D eigenvalue weighted by Gasteiger charge is -2.34. The van der Waals surface area contributed by atoms with E-state index in [0.29, 0.717) is 47.4 Å². The Bertz CT molecular complexity index is 2020. The summed E-state index contributed by atoms with van der Waals surface area (Å²) < 4.78 is 0. The summed E-state index contributed by atoms with van der Waals surface area (Å²) in [6.45, 7) is 4.83. The number of primary amides is 1. The van der Waals surface area contributed by atoms with Crippen LogP contribution in [-0.2, 0) is 22.4 Å². The van der Waals surface area contributed by atoms with Gasteiger partial charge < -0.3 is 26.6 Å². The first-order valence-electron chi connectivity index (χ1n) is 20.1. The van der Waals surface area contributed by atoms with E-state index in [-0.39, 0.29) is 36.5 Å². The fraction of sp³-hybridized carbons (Fsp3) is 0.512. The molecular weight excluding hydrogens is 713 g/mol. The van der Waals surface area contributed by atoms with Crippen LogP contribution in [0.3, 0.4) is 0 Å². The van der Waals surface area contributed by atoms with E-state index in [1.54, 1.807) is 12.1 Å². The summed E-state index contributed by atoms with van der Waals surface area (Å²) in [5, 5.41) is 13.8. The van der Waals surface area contributed by atoms with E-state index in [1.807, 2.05) is 6.07 Å². The predicted molar refractivity (Wildman–Crippen MR) is 208 cm³/mol. The van der Waals surface area contributed by atoms with Crippen molar-refractivity contribution in [3.63, 3.8) is 0 Å². The van der Waals surface area contributed by atoms with E-state index >= 15 is 0 Å². The number of carbonyl (C=O) groups excluding carboxylic acids is 5. The van der Waals surface area contributed by atoms with Crippen molar-refractivity contribution >= 4 is 41.2 Å². The van der Waals surface area contributed by atoms with E-state index < -0.39 is 29.7 Å². The minimum absolute atomic E-state index is 0.0352. The number of carbonyl (C=O) groups is 5. The molecule has 15 nitrogen and oxygen atoms in total. The van der Waals surface area contributed by atoms with E-state index in [9.17, 15) is 24.0 Å². The van der Waals surface area contributed by atoms with Gasteiger partial charge in [0.25, 0.3) is 17.7 Å². The topological polar surface area (TPSA) is 210 Å². The Morgan fingerprint density at radius 3 is 2.38 bits per heavy atom. The van der Waals surface area contributed by atoms with Gasteiger partial charge in [0.2, 0.25) is 17.8 Å². The van der Waals surface area contributed by atoms with Crippen molar-refractivity contribution in [1.29, 1.82) is 0 Å². The van der Waals surface area contributed by atoms with Crippen LogP contribution >= 0.6 is 0 Å². The number of benzene rings is 2. The van der Waals surface area contributed by atoms with Gasteiger partial charge in [-0.25, -0.2) is 4.98 Å². The van der Waals surface area contributed by atoms with Crippen LogP contribution in [0.4, 0.5) is 11.6 Å². The number of anilines is 2. The number of hydrogen-bond acceptors (Lipinski definition) is 12. The molecule has 0 radical (unpaired) electrons. The summed E-state index contributed by atoms with van der Waals surface area (Å²) >= 11 is 0. The highest BCUT2D eigenvalue weighted by Gasteiger charge is 2.45. The van der Waals surface area contributed by atoms with Gasteiger partial charge in [-0.1, -0.05) is 37.1 Å². The monoisotopic (exact) mass is 762 g/mol. The summed E-state index contributed by atoms with van der Waals surface area (Å²) in [4.78, 5) is 73.2. The van der Waals surface area contributed by atoms with Gasteiger partial charge in [-0.15, -0.1) is 10.2 Å². The predicted octanol–water partition coefficient (Wildman–Crippen LogP) is 2.54. The molecule has 3 saturated heterocycles. The first-order valence-corrected chi connectivity index (χ1v) is 20.1. The fourth-order valence-electron chi connectivity index (χ4n) is 9.19. The van der Waals surface area contributed by atoms with E-state index in [4.69, 9.17) is 11.5 Å². The lowest BCUT2D eigenvalue weighted by molar-refractivity contribution is -0.136. The molecule has 5 amide bonds. The van der Waals surface area contributed by atoms with Crippen molar-refractivity contribution < 1.29 is 24.0 Å². The smallest absolute Gasteiger partial charge is 0.271 e. The van der Waals surface area contributed by atoms with Crippen LogP contribution in [-0.4, -0.2) is 105 Å². The lowest BCUT2D eigenvalue weighted by Crippen LogP contribution is -2.54. The Labute approximate surface area is 325 Å². The largest absolute Gasteiger partial charge is 0.371 e. The van der Waals surface area contributed by atoms with Crippen LogP contribution in [0.25, 0.3) is 0 Å². The molecule has 6 N–H and O–H groups in total. The Morgan fingerprint density at radius 2 is 1.62 bits per heavy atom. The maximum Gasteiger partial charge on any atom is 0.271 e. The van der Waals surface area contributed by atoms with Gasteiger partial charge in [0, 0.05) is 43.8 Å². The lowest BCUT2D eigenvalue weighted by atomic mass is 9.88. The molecule has 2 aromatic carbocycles. The van der Waals surface area contributed by atoms with Crippen LogP contribution in [0.1, 0.15) is 112 Å². The minimum atomic E-state index is -0.968. The average molecular weight is 763 g/mol. The molecule has 4 atom stereocenters. The third kappa shape index (κ3) is 7.87. The van der Waals surface area contributed by atoms with Gasteiger partial charge in [-0.05, 0) is 106 Å². The molecule has 5 aliphatic rings. The van der Waals surface area contributed by atoms with Gasteiger partial charge in [0.15, 0.2) is 5.69 Å². The highest BCUT2D eigenvalue weighted by atomic mass is 16.2. The summed E-state index contributed by atoms with van der Waals surface area (Å²) in [5.74, 6) is -1.21. The zero-order chi connectivity index (χ0) is 38.9. The molecule has 56 heavy (non-hydrogen) atoms. The molecule has 3 aromatic rings. The molecule has 1 aromatic heterocycles. The standard InChI is InChI=1S/C41H50N10O5/c42-31-3-1-2-4-32(31)44-41-45-33(36(37(43)53)47-48-41)12-7-24-5-8-26(9-6-24)27-16-18-49(19-17-27)22-25-15-20-50(23-25)28-10-11-29-30(21-28)40(56)51(39(29)55)34-13-14-35(52)46-38(34)54/h5-6,8-11,21,25,27,31-32,34H,1-4,7,12-20,22-23,42H2,(H2,43,53)(H,44,45,48)(H,46,52,54)/t25?,31-,32+,34?/m1/s1. The number of hydrogen-bond donors (Lipinski definition) is 4. The van der Waals surface area contributed by atoms with Crippen LogP contribution in [0.5, 0.6) is 0 Å². The molecule has 1 aliphatic carbocycles. The maximum absolute atomic E-state index is 13.3. The van der Waals surface area contributed by atoms with Gasteiger partial charge in [-0.3, -0.25) is 34.2 Å². The third-order valence-corrected chi connectivity index (χ3v) is 12.4. The Kier molecular flexibility index (Phi) is 10.8. The number of rotatable bonds is 11. The SMILES string of the molecule is NC(=O)c1nnc(N[C@H]2CCCC[C@H]2N)nc1CCc1ccc(C2CCN(CC3CCN(c4ccc5c(c4)C(=O)N(C4CCC(=O)NC4=O)C5=O)C3)CC2)cc1. The summed E-state index contributed by atoms with van der Waals surface area (Å²) in [6.07, 6.45) is 8.82. The van der Waals surface area contributed by atoms with Gasteiger partial charge in [0.05, 0.1) is 16.8 Å². The first-order chi connectivity index (χ1) is 27.1. The second-order valence-corrected chi connectivity index (χ2v) is 16.1. The normalized spacial score (nSPS) is 24.7. The molecule has 4 fully saturated rings. The zero-order valence-electron chi connectivity index (χ0n) is 31.6. The average Bonchev–Trinajstić information content (AvgIpc) is 3.76. The Hall–Kier alpha value is -5.28.